The van der Waals surface area contributed by atoms with Crippen LogP contribution in [0.2, 0.25) is 0 Å². The topological polar surface area (TPSA) is 54.3 Å². The Morgan fingerprint density at radius 3 is 2.89 bits per heavy atom. The van der Waals surface area contributed by atoms with Crippen molar-refractivity contribution in [3.63, 3.8) is 0 Å². The van der Waals surface area contributed by atoms with Gasteiger partial charge in [0.15, 0.2) is 11.5 Å². The minimum Gasteiger partial charge on any atom is -0.493 e. The fourth-order valence-corrected chi connectivity index (χ4v) is 1.75. The lowest BCUT2D eigenvalue weighted by molar-refractivity contribution is 0.287. The molecular formula is C15H22N2O2. The molecule has 1 rings (SSSR count). The van der Waals surface area contributed by atoms with E-state index in [1.165, 1.54) is 0 Å². The molecule has 1 aromatic carbocycles. The monoisotopic (exact) mass is 262 g/mol. The second-order valence-corrected chi connectivity index (χ2v) is 4.24. The van der Waals surface area contributed by atoms with Gasteiger partial charge in [0.25, 0.3) is 0 Å². The van der Waals surface area contributed by atoms with Gasteiger partial charge in [-0.1, -0.05) is 19.1 Å². The highest BCUT2D eigenvalue weighted by Gasteiger charge is 2.10. The van der Waals surface area contributed by atoms with Crippen LogP contribution in [0.1, 0.15) is 31.7 Å². The van der Waals surface area contributed by atoms with Crippen LogP contribution in [0.3, 0.4) is 0 Å². The lowest BCUT2D eigenvalue weighted by Gasteiger charge is -2.15. The summed E-state index contributed by atoms with van der Waals surface area (Å²) in [5.74, 6) is 1.53. The molecule has 0 aliphatic carbocycles. The van der Waals surface area contributed by atoms with Crippen molar-refractivity contribution in [2.45, 2.75) is 32.7 Å². The van der Waals surface area contributed by atoms with E-state index in [1.807, 2.05) is 18.2 Å². The molecule has 1 aromatic rings. The summed E-state index contributed by atoms with van der Waals surface area (Å²) in [7, 11) is 1.64. The van der Waals surface area contributed by atoms with Crippen LogP contribution in [0.5, 0.6) is 11.5 Å². The van der Waals surface area contributed by atoms with Gasteiger partial charge in [0, 0.05) is 18.5 Å². The average Bonchev–Trinajstić information content (AvgIpc) is 2.44. The zero-order valence-electron chi connectivity index (χ0n) is 11.7. The molecule has 4 heteroatoms. The maximum atomic E-state index is 8.52. The summed E-state index contributed by atoms with van der Waals surface area (Å²) in [6.07, 6.45) is 2.34. The highest BCUT2D eigenvalue weighted by atomic mass is 16.5. The first-order valence-corrected chi connectivity index (χ1v) is 6.69. The number of para-hydroxylation sites is 1. The van der Waals surface area contributed by atoms with Crippen molar-refractivity contribution < 1.29 is 9.47 Å². The molecule has 0 unspecified atom stereocenters. The van der Waals surface area contributed by atoms with Crippen molar-refractivity contribution in [3.8, 4) is 17.6 Å². The predicted octanol–water partition coefficient (Wildman–Crippen LogP) is 2.88. The molecule has 0 atom stereocenters. The molecule has 0 radical (unpaired) electrons. The molecule has 0 amide bonds. The average molecular weight is 262 g/mol. The van der Waals surface area contributed by atoms with Crippen LogP contribution in [0, 0.1) is 11.3 Å². The maximum Gasteiger partial charge on any atom is 0.165 e. The molecule has 0 aromatic heterocycles. The van der Waals surface area contributed by atoms with Crippen molar-refractivity contribution in [1.82, 2.24) is 5.32 Å². The molecule has 0 spiro atoms. The van der Waals surface area contributed by atoms with Gasteiger partial charge in [-0.15, -0.1) is 0 Å². The summed E-state index contributed by atoms with van der Waals surface area (Å²) in [6, 6.07) is 8.00. The first-order valence-electron chi connectivity index (χ1n) is 6.69. The van der Waals surface area contributed by atoms with Crippen molar-refractivity contribution >= 4 is 0 Å². The molecule has 0 saturated carbocycles. The van der Waals surface area contributed by atoms with Gasteiger partial charge in [0.1, 0.15) is 0 Å². The third-order valence-electron chi connectivity index (χ3n) is 2.70. The minimum atomic E-state index is 0.512. The molecule has 0 saturated heterocycles. The summed E-state index contributed by atoms with van der Waals surface area (Å²) in [4.78, 5) is 0. The van der Waals surface area contributed by atoms with Gasteiger partial charge < -0.3 is 14.8 Å². The Bertz CT molecular complexity index is 413. The Balaban J connectivity index is 2.69. The van der Waals surface area contributed by atoms with Crippen LogP contribution >= 0.6 is 0 Å². The smallest absolute Gasteiger partial charge is 0.165 e. The standard InChI is InChI=1S/C15H22N2O2/c1-3-10-17-12-13-7-6-8-14(18-2)15(13)19-11-5-4-9-16/h6-8,17H,3-5,10-12H2,1-2H3. The first kappa shape index (κ1) is 15.3. The van der Waals surface area contributed by atoms with E-state index in [0.29, 0.717) is 13.0 Å². The van der Waals surface area contributed by atoms with Gasteiger partial charge in [-0.25, -0.2) is 0 Å². The summed E-state index contributed by atoms with van der Waals surface area (Å²) in [6.45, 7) is 4.41. The minimum absolute atomic E-state index is 0.512. The number of ether oxygens (including phenoxy) is 2. The van der Waals surface area contributed by atoms with Gasteiger partial charge in [-0.3, -0.25) is 0 Å². The molecule has 0 heterocycles. The zero-order chi connectivity index (χ0) is 13.9. The number of nitriles is 1. The number of methoxy groups -OCH3 is 1. The van der Waals surface area contributed by atoms with E-state index >= 15 is 0 Å². The van der Waals surface area contributed by atoms with Crippen molar-refractivity contribution in [2.75, 3.05) is 20.3 Å². The number of unbranched alkanes of at least 4 members (excludes halogenated alkanes) is 1. The highest BCUT2D eigenvalue weighted by Crippen LogP contribution is 2.31. The number of benzene rings is 1. The van der Waals surface area contributed by atoms with Crippen LogP contribution in [0.4, 0.5) is 0 Å². The fraction of sp³-hybridized carbons (Fsp3) is 0.533. The number of nitrogens with one attached hydrogen (secondary N) is 1. The molecule has 104 valence electrons. The van der Waals surface area contributed by atoms with Crippen LogP contribution in [0.15, 0.2) is 18.2 Å². The molecule has 4 nitrogen and oxygen atoms in total. The first-order chi connectivity index (χ1) is 9.33. The number of hydrogen-bond donors (Lipinski definition) is 1. The molecule has 0 fully saturated rings. The quantitative estimate of drug-likeness (QED) is 0.695. The molecule has 1 N–H and O–H groups in total. The van der Waals surface area contributed by atoms with Crippen molar-refractivity contribution in [3.05, 3.63) is 23.8 Å². The third-order valence-corrected chi connectivity index (χ3v) is 2.70. The molecule has 0 bridgehead atoms. The molecular weight excluding hydrogens is 240 g/mol. The Morgan fingerprint density at radius 2 is 2.21 bits per heavy atom. The van der Waals surface area contributed by atoms with Gasteiger partial charge in [-0.2, -0.15) is 5.26 Å². The molecule has 0 aliphatic heterocycles. The number of rotatable bonds is 9. The summed E-state index contributed by atoms with van der Waals surface area (Å²) >= 11 is 0. The summed E-state index contributed by atoms with van der Waals surface area (Å²) in [5.41, 5.74) is 1.09. The Kier molecular flexibility index (Phi) is 7.45. The lowest BCUT2D eigenvalue weighted by atomic mass is 10.2. The van der Waals surface area contributed by atoms with E-state index in [0.717, 1.165) is 43.0 Å². The fourth-order valence-electron chi connectivity index (χ4n) is 1.75. The van der Waals surface area contributed by atoms with Gasteiger partial charge in [0.05, 0.1) is 19.8 Å². The second-order valence-electron chi connectivity index (χ2n) is 4.24. The summed E-state index contributed by atoms with van der Waals surface area (Å²) < 4.78 is 11.1. The largest absolute Gasteiger partial charge is 0.493 e. The summed E-state index contributed by atoms with van der Waals surface area (Å²) in [5, 5.41) is 11.9. The van der Waals surface area contributed by atoms with Gasteiger partial charge >= 0.3 is 0 Å². The van der Waals surface area contributed by atoms with E-state index in [1.54, 1.807) is 7.11 Å². The van der Waals surface area contributed by atoms with Crippen LogP contribution in [-0.2, 0) is 6.54 Å². The SMILES string of the molecule is CCCNCc1cccc(OC)c1OCCCC#N. The van der Waals surface area contributed by atoms with Gasteiger partial charge in [0.2, 0.25) is 0 Å². The van der Waals surface area contributed by atoms with E-state index < -0.39 is 0 Å². The highest BCUT2D eigenvalue weighted by molar-refractivity contribution is 5.46. The van der Waals surface area contributed by atoms with E-state index in [2.05, 4.69) is 18.3 Å². The van der Waals surface area contributed by atoms with E-state index in [9.17, 15) is 0 Å². The lowest BCUT2D eigenvalue weighted by Crippen LogP contribution is -2.15. The normalized spacial score (nSPS) is 9.95. The van der Waals surface area contributed by atoms with Crippen LogP contribution in [0.25, 0.3) is 0 Å². The Labute approximate surface area is 115 Å². The second kappa shape index (κ2) is 9.23. The maximum absolute atomic E-state index is 8.52. The number of nitrogens with zero attached hydrogens (tertiary/aromatic N) is 1. The number of hydrogen-bond acceptors (Lipinski definition) is 4. The zero-order valence-corrected chi connectivity index (χ0v) is 11.7. The Hall–Kier alpha value is -1.73. The predicted molar refractivity (Wildman–Crippen MR) is 75.3 cm³/mol. The Morgan fingerprint density at radius 1 is 1.37 bits per heavy atom. The van der Waals surface area contributed by atoms with Crippen LogP contribution in [-0.4, -0.2) is 20.3 Å². The third kappa shape index (κ3) is 5.19. The van der Waals surface area contributed by atoms with E-state index in [-0.39, 0.29) is 0 Å². The van der Waals surface area contributed by atoms with Crippen LogP contribution < -0.4 is 14.8 Å². The molecule has 0 aliphatic rings. The van der Waals surface area contributed by atoms with E-state index in [4.69, 9.17) is 14.7 Å². The van der Waals surface area contributed by atoms with Crippen molar-refractivity contribution in [2.24, 2.45) is 0 Å². The molecule has 19 heavy (non-hydrogen) atoms. The van der Waals surface area contributed by atoms with Crippen molar-refractivity contribution in [1.29, 1.82) is 5.26 Å². The van der Waals surface area contributed by atoms with Gasteiger partial charge in [-0.05, 0) is 25.5 Å².